The van der Waals surface area contributed by atoms with Gasteiger partial charge in [-0.3, -0.25) is 0 Å². The van der Waals surface area contributed by atoms with Crippen molar-refractivity contribution in [1.82, 2.24) is 0 Å². The van der Waals surface area contributed by atoms with Gasteiger partial charge in [0, 0.05) is 10.2 Å². The Bertz CT molecular complexity index is 629. The van der Waals surface area contributed by atoms with Crippen LogP contribution in [0.5, 0.6) is 0 Å². The minimum atomic E-state index is -0.339. The topological polar surface area (TPSA) is 35.8 Å². The van der Waals surface area contributed by atoms with E-state index in [1.54, 1.807) is 0 Å². The average molecular weight is 315 g/mol. The van der Waals surface area contributed by atoms with Gasteiger partial charge in [-0.15, -0.1) is 0 Å². The van der Waals surface area contributed by atoms with E-state index in [1.807, 2.05) is 56.3 Å². The number of nitrogens with one attached hydrogen (secondary N) is 1. The highest BCUT2D eigenvalue weighted by molar-refractivity contribution is 9.10. The van der Waals surface area contributed by atoms with Crippen LogP contribution in [0.2, 0.25) is 0 Å². The molecule has 96 valence electrons. The van der Waals surface area contributed by atoms with E-state index in [0.717, 1.165) is 21.3 Å². The highest BCUT2D eigenvalue weighted by atomic mass is 79.9. The van der Waals surface area contributed by atoms with Gasteiger partial charge < -0.3 is 5.32 Å². The van der Waals surface area contributed by atoms with E-state index in [1.165, 1.54) is 5.56 Å². The second kappa shape index (κ2) is 5.90. The number of nitrogens with zero attached hydrogens (tertiary/aromatic N) is 1. The highest BCUT2D eigenvalue weighted by Gasteiger charge is 2.11. The molecule has 0 aliphatic rings. The third-order valence-corrected chi connectivity index (χ3v) is 3.86. The van der Waals surface area contributed by atoms with Gasteiger partial charge in [-0.05, 0) is 48.7 Å². The van der Waals surface area contributed by atoms with E-state index in [4.69, 9.17) is 0 Å². The second-order valence-electron chi connectivity index (χ2n) is 4.58. The standard InChI is InChI=1S/C16H15BrN2/c1-11-4-3-5-14(8-11)19-16(10-18)13-6-7-15(17)12(2)9-13/h3-9,16,19H,1-2H3. The van der Waals surface area contributed by atoms with E-state index < -0.39 is 0 Å². The smallest absolute Gasteiger partial charge is 0.140 e. The first-order valence-electron chi connectivity index (χ1n) is 6.09. The third kappa shape index (κ3) is 3.36. The lowest BCUT2D eigenvalue weighted by molar-refractivity contribution is 0.992. The zero-order chi connectivity index (χ0) is 13.8. The molecule has 1 unspecified atom stereocenters. The first-order chi connectivity index (χ1) is 9.10. The molecule has 0 aliphatic heterocycles. The fourth-order valence-corrected chi connectivity index (χ4v) is 2.19. The maximum atomic E-state index is 9.35. The number of rotatable bonds is 3. The van der Waals surface area contributed by atoms with Gasteiger partial charge in [0.1, 0.15) is 6.04 Å². The summed E-state index contributed by atoms with van der Waals surface area (Å²) in [5.41, 5.74) is 4.24. The summed E-state index contributed by atoms with van der Waals surface area (Å²) in [6.07, 6.45) is 0. The molecule has 0 radical (unpaired) electrons. The monoisotopic (exact) mass is 314 g/mol. The molecule has 0 fully saturated rings. The van der Waals surface area contributed by atoms with Crippen LogP contribution in [-0.2, 0) is 0 Å². The van der Waals surface area contributed by atoms with Crippen molar-refractivity contribution in [2.75, 3.05) is 5.32 Å². The van der Waals surface area contributed by atoms with Gasteiger partial charge in [-0.2, -0.15) is 5.26 Å². The van der Waals surface area contributed by atoms with Crippen LogP contribution in [0.1, 0.15) is 22.7 Å². The molecule has 2 nitrogen and oxygen atoms in total. The van der Waals surface area contributed by atoms with Crippen LogP contribution >= 0.6 is 15.9 Å². The summed E-state index contributed by atoms with van der Waals surface area (Å²) in [7, 11) is 0. The van der Waals surface area contributed by atoms with E-state index >= 15 is 0 Å². The number of nitriles is 1. The molecule has 2 aromatic rings. The summed E-state index contributed by atoms with van der Waals surface area (Å²) in [6.45, 7) is 4.06. The van der Waals surface area contributed by atoms with Crippen LogP contribution in [0.25, 0.3) is 0 Å². The predicted molar refractivity (Wildman–Crippen MR) is 82.0 cm³/mol. The Morgan fingerprint density at radius 3 is 2.58 bits per heavy atom. The van der Waals surface area contributed by atoms with Crippen molar-refractivity contribution in [1.29, 1.82) is 5.26 Å². The molecular weight excluding hydrogens is 300 g/mol. The van der Waals surface area contributed by atoms with Crippen molar-refractivity contribution >= 4 is 21.6 Å². The van der Waals surface area contributed by atoms with Crippen molar-refractivity contribution in [3.8, 4) is 6.07 Å². The molecule has 3 heteroatoms. The number of anilines is 1. The molecule has 0 heterocycles. The van der Waals surface area contributed by atoms with Crippen molar-refractivity contribution in [2.24, 2.45) is 0 Å². The van der Waals surface area contributed by atoms with Gasteiger partial charge in [-0.25, -0.2) is 0 Å². The lowest BCUT2D eigenvalue weighted by Gasteiger charge is -2.14. The molecule has 0 amide bonds. The normalized spacial score (nSPS) is 11.7. The lowest BCUT2D eigenvalue weighted by Crippen LogP contribution is -2.08. The summed E-state index contributed by atoms with van der Waals surface area (Å²) in [5.74, 6) is 0. The Balaban J connectivity index is 2.25. The summed E-state index contributed by atoms with van der Waals surface area (Å²) in [5, 5.41) is 12.6. The number of aryl methyl sites for hydroxylation is 2. The van der Waals surface area contributed by atoms with E-state index in [-0.39, 0.29) is 6.04 Å². The van der Waals surface area contributed by atoms with E-state index in [9.17, 15) is 5.26 Å². The van der Waals surface area contributed by atoms with Gasteiger partial charge in [0.15, 0.2) is 0 Å². The number of benzene rings is 2. The summed E-state index contributed by atoms with van der Waals surface area (Å²) in [4.78, 5) is 0. The molecule has 0 aromatic heterocycles. The molecule has 1 atom stereocenters. The van der Waals surface area contributed by atoms with Gasteiger partial charge in [0.25, 0.3) is 0 Å². The summed E-state index contributed by atoms with van der Waals surface area (Å²) >= 11 is 3.47. The van der Waals surface area contributed by atoms with Crippen LogP contribution in [0.15, 0.2) is 46.9 Å². The maximum absolute atomic E-state index is 9.35. The number of hydrogen-bond acceptors (Lipinski definition) is 2. The SMILES string of the molecule is Cc1cccc(NC(C#N)c2ccc(Br)c(C)c2)c1. The zero-order valence-corrected chi connectivity index (χ0v) is 12.5. The van der Waals surface area contributed by atoms with Crippen molar-refractivity contribution in [3.63, 3.8) is 0 Å². The molecule has 0 saturated carbocycles. The van der Waals surface area contributed by atoms with Gasteiger partial charge in [-0.1, -0.05) is 40.2 Å². The first kappa shape index (κ1) is 13.6. The number of halogens is 1. The summed E-state index contributed by atoms with van der Waals surface area (Å²) < 4.78 is 1.06. The fraction of sp³-hybridized carbons (Fsp3) is 0.188. The molecule has 0 spiro atoms. The molecule has 1 N–H and O–H groups in total. The van der Waals surface area contributed by atoms with Crippen LogP contribution in [0.4, 0.5) is 5.69 Å². The number of hydrogen-bond donors (Lipinski definition) is 1. The first-order valence-corrected chi connectivity index (χ1v) is 6.88. The van der Waals surface area contributed by atoms with Crippen LogP contribution < -0.4 is 5.32 Å². The Morgan fingerprint density at radius 2 is 1.95 bits per heavy atom. The Labute approximate surface area is 122 Å². The molecule has 0 bridgehead atoms. The Hall–Kier alpha value is -1.79. The van der Waals surface area contributed by atoms with Crippen molar-refractivity contribution in [3.05, 3.63) is 63.6 Å². The van der Waals surface area contributed by atoms with E-state index in [2.05, 4.69) is 27.3 Å². The fourth-order valence-electron chi connectivity index (χ4n) is 1.94. The Morgan fingerprint density at radius 1 is 1.16 bits per heavy atom. The average Bonchev–Trinajstić information content (AvgIpc) is 2.39. The van der Waals surface area contributed by atoms with Gasteiger partial charge >= 0.3 is 0 Å². The highest BCUT2D eigenvalue weighted by Crippen LogP contribution is 2.24. The molecule has 2 aromatic carbocycles. The second-order valence-corrected chi connectivity index (χ2v) is 5.44. The van der Waals surface area contributed by atoms with Gasteiger partial charge in [0.05, 0.1) is 6.07 Å². The molecule has 0 aliphatic carbocycles. The molecule has 2 rings (SSSR count). The molecular formula is C16H15BrN2. The molecule has 0 saturated heterocycles. The van der Waals surface area contributed by atoms with Crippen molar-refractivity contribution in [2.45, 2.75) is 19.9 Å². The largest absolute Gasteiger partial charge is 0.366 e. The van der Waals surface area contributed by atoms with Crippen LogP contribution in [-0.4, -0.2) is 0 Å². The summed E-state index contributed by atoms with van der Waals surface area (Å²) in [6, 6.07) is 16.0. The van der Waals surface area contributed by atoms with Crippen molar-refractivity contribution < 1.29 is 0 Å². The maximum Gasteiger partial charge on any atom is 0.140 e. The lowest BCUT2D eigenvalue weighted by atomic mass is 10.0. The van der Waals surface area contributed by atoms with E-state index in [0.29, 0.717) is 0 Å². The predicted octanol–water partition coefficient (Wildman–Crippen LogP) is 4.74. The minimum Gasteiger partial charge on any atom is -0.366 e. The van der Waals surface area contributed by atoms with Crippen LogP contribution in [0.3, 0.4) is 0 Å². The van der Waals surface area contributed by atoms with Gasteiger partial charge in [0.2, 0.25) is 0 Å². The quantitative estimate of drug-likeness (QED) is 0.888. The zero-order valence-electron chi connectivity index (χ0n) is 10.9. The van der Waals surface area contributed by atoms with Crippen LogP contribution in [0, 0.1) is 25.2 Å². The minimum absolute atomic E-state index is 0.339. The third-order valence-electron chi connectivity index (χ3n) is 2.97. The Kier molecular flexibility index (Phi) is 4.24. The molecule has 19 heavy (non-hydrogen) atoms.